The summed E-state index contributed by atoms with van der Waals surface area (Å²) >= 11 is 0. The fraction of sp³-hybridized carbons (Fsp3) is 0.933. The molecule has 0 N–H and O–H groups in total. The molecule has 0 aromatic carbocycles. The normalized spacial score (nSPS) is 25.7. The summed E-state index contributed by atoms with van der Waals surface area (Å²) in [4.78, 5) is 16.2. The zero-order valence-corrected chi connectivity index (χ0v) is 12.0. The molecule has 0 aromatic rings. The van der Waals surface area contributed by atoms with Crippen molar-refractivity contribution in [2.45, 2.75) is 38.5 Å². The molecule has 1 aliphatic heterocycles. The predicted octanol–water partition coefficient (Wildman–Crippen LogP) is 2.02. The molecule has 1 heterocycles. The van der Waals surface area contributed by atoms with Gasteiger partial charge in [0.15, 0.2) is 0 Å². The van der Waals surface area contributed by atoms with Crippen LogP contribution in [-0.2, 0) is 4.79 Å². The highest BCUT2D eigenvalue weighted by Crippen LogP contribution is 2.36. The van der Waals surface area contributed by atoms with E-state index in [1.54, 1.807) is 0 Å². The Morgan fingerprint density at radius 1 is 1.28 bits per heavy atom. The zero-order valence-electron chi connectivity index (χ0n) is 12.0. The van der Waals surface area contributed by atoms with Gasteiger partial charge in [0.1, 0.15) is 6.29 Å². The molecule has 2 fully saturated rings. The lowest BCUT2D eigenvalue weighted by molar-refractivity contribution is -0.117. The van der Waals surface area contributed by atoms with Crippen molar-refractivity contribution >= 4 is 6.29 Å². The Kier molecular flexibility index (Phi) is 4.79. The van der Waals surface area contributed by atoms with E-state index in [0.717, 1.165) is 25.3 Å². The van der Waals surface area contributed by atoms with E-state index in [1.165, 1.54) is 51.6 Å². The Labute approximate surface area is 112 Å². The summed E-state index contributed by atoms with van der Waals surface area (Å²) in [5.74, 6) is 0.830. The molecule has 0 bridgehead atoms. The van der Waals surface area contributed by atoms with E-state index in [1.807, 2.05) is 0 Å². The van der Waals surface area contributed by atoms with Crippen molar-refractivity contribution in [2.75, 3.05) is 40.3 Å². The third-order valence-corrected chi connectivity index (χ3v) is 4.84. The van der Waals surface area contributed by atoms with Gasteiger partial charge in [-0.25, -0.2) is 0 Å². The molecule has 18 heavy (non-hydrogen) atoms. The molecule has 0 amide bonds. The van der Waals surface area contributed by atoms with E-state index in [2.05, 4.69) is 23.9 Å². The highest BCUT2D eigenvalue weighted by molar-refractivity contribution is 5.60. The number of carbonyl (C=O) groups excluding carboxylic acids is 1. The van der Waals surface area contributed by atoms with Crippen molar-refractivity contribution < 1.29 is 4.79 Å². The summed E-state index contributed by atoms with van der Waals surface area (Å²) < 4.78 is 0. The van der Waals surface area contributed by atoms with Gasteiger partial charge in [0.2, 0.25) is 0 Å². The van der Waals surface area contributed by atoms with Crippen LogP contribution in [0.5, 0.6) is 0 Å². The van der Waals surface area contributed by atoms with E-state index in [-0.39, 0.29) is 5.41 Å². The Hall–Kier alpha value is -0.410. The number of rotatable bonds is 5. The molecule has 3 nitrogen and oxygen atoms in total. The van der Waals surface area contributed by atoms with Crippen LogP contribution >= 0.6 is 0 Å². The fourth-order valence-electron chi connectivity index (χ4n) is 3.68. The monoisotopic (exact) mass is 252 g/mol. The summed E-state index contributed by atoms with van der Waals surface area (Å²) in [5.41, 5.74) is -0.0137. The Morgan fingerprint density at radius 3 is 2.44 bits per heavy atom. The van der Waals surface area contributed by atoms with Gasteiger partial charge in [0.25, 0.3) is 0 Å². The van der Waals surface area contributed by atoms with Crippen LogP contribution in [0.2, 0.25) is 0 Å². The first-order valence-corrected chi connectivity index (χ1v) is 7.47. The van der Waals surface area contributed by atoms with Crippen molar-refractivity contribution in [3.8, 4) is 0 Å². The molecule has 0 unspecified atom stereocenters. The van der Waals surface area contributed by atoms with E-state index in [4.69, 9.17) is 0 Å². The summed E-state index contributed by atoms with van der Waals surface area (Å²) in [6.07, 6.45) is 8.55. The van der Waals surface area contributed by atoms with Gasteiger partial charge < -0.3 is 14.6 Å². The van der Waals surface area contributed by atoms with Gasteiger partial charge in [-0.05, 0) is 58.8 Å². The van der Waals surface area contributed by atoms with Crippen molar-refractivity contribution in [3.63, 3.8) is 0 Å². The molecule has 2 rings (SSSR count). The van der Waals surface area contributed by atoms with Gasteiger partial charge in [-0.15, -0.1) is 0 Å². The van der Waals surface area contributed by atoms with Crippen LogP contribution in [0.25, 0.3) is 0 Å². The third-order valence-electron chi connectivity index (χ3n) is 4.84. The number of piperidine rings is 1. The minimum absolute atomic E-state index is 0.0137. The molecule has 1 saturated heterocycles. The van der Waals surface area contributed by atoms with Crippen molar-refractivity contribution in [2.24, 2.45) is 11.3 Å². The summed E-state index contributed by atoms with van der Waals surface area (Å²) in [5, 5.41) is 0. The topological polar surface area (TPSA) is 23.6 Å². The number of nitrogens with zero attached hydrogens (tertiary/aromatic N) is 2. The molecule has 104 valence electrons. The second-order valence-corrected chi connectivity index (χ2v) is 6.63. The molecular weight excluding hydrogens is 224 g/mol. The van der Waals surface area contributed by atoms with Crippen LogP contribution in [0.15, 0.2) is 0 Å². The molecule has 3 heteroatoms. The first-order valence-electron chi connectivity index (χ1n) is 7.47. The maximum Gasteiger partial charge on any atom is 0.127 e. The number of hydrogen-bond acceptors (Lipinski definition) is 3. The van der Waals surface area contributed by atoms with Crippen LogP contribution in [0.4, 0.5) is 0 Å². The van der Waals surface area contributed by atoms with Crippen LogP contribution in [-0.4, -0.2) is 56.4 Å². The van der Waals surface area contributed by atoms with Gasteiger partial charge in [0, 0.05) is 18.5 Å². The van der Waals surface area contributed by atoms with E-state index in [9.17, 15) is 4.79 Å². The largest absolute Gasteiger partial charge is 0.306 e. The summed E-state index contributed by atoms with van der Waals surface area (Å²) in [6, 6.07) is 0. The lowest BCUT2D eigenvalue weighted by Gasteiger charge is -2.34. The van der Waals surface area contributed by atoms with Crippen LogP contribution in [0, 0.1) is 11.3 Å². The average Bonchev–Trinajstić information content (AvgIpc) is 2.81. The Morgan fingerprint density at radius 2 is 1.89 bits per heavy atom. The molecule has 1 saturated carbocycles. The van der Waals surface area contributed by atoms with E-state index >= 15 is 0 Å². The molecule has 0 radical (unpaired) electrons. The Balaban J connectivity index is 1.77. The first-order chi connectivity index (χ1) is 8.63. The summed E-state index contributed by atoms with van der Waals surface area (Å²) in [7, 11) is 4.40. The zero-order chi connectivity index (χ0) is 13.0. The van der Waals surface area contributed by atoms with Gasteiger partial charge in [0.05, 0.1) is 0 Å². The minimum atomic E-state index is -0.0137. The number of likely N-dealkylation sites (tertiary alicyclic amines) is 1. The van der Waals surface area contributed by atoms with Gasteiger partial charge in [-0.2, -0.15) is 0 Å². The molecule has 0 spiro atoms. The molecular formula is C15H28N2O. The van der Waals surface area contributed by atoms with Crippen LogP contribution in [0.1, 0.15) is 38.5 Å². The SMILES string of the molecule is CN1CCC(CN(C)CC2(C=O)CCCC2)CC1. The number of hydrogen-bond donors (Lipinski definition) is 0. The third kappa shape index (κ3) is 3.55. The van der Waals surface area contributed by atoms with Gasteiger partial charge in [-0.3, -0.25) is 0 Å². The number of aldehydes is 1. The van der Waals surface area contributed by atoms with Crippen LogP contribution in [0.3, 0.4) is 0 Å². The van der Waals surface area contributed by atoms with E-state index < -0.39 is 0 Å². The first kappa shape index (κ1) is 14.0. The Bertz CT molecular complexity index is 266. The minimum Gasteiger partial charge on any atom is -0.306 e. The molecule has 2 aliphatic rings. The van der Waals surface area contributed by atoms with Crippen molar-refractivity contribution in [3.05, 3.63) is 0 Å². The second-order valence-electron chi connectivity index (χ2n) is 6.63. The molecule has 0 atom stereocenters. The fourth-order valence-corrected chi connectivity index (χ4v) is 3.68. The summed E-state index contributed by atoms with van der Waals surface area (Å²) in [6.45, 7) is 4.61. The predicted molar refractivity (Wildman–Crippen MR) is 74.7 cm³/mol. The lowest BCUT2D eigenvalue weighted by Crippen LogP contribution is -2.40. The quantitative estimate of drug-likeness (QED) is 0.699. The maximum atomic E-state index is 11.4. The number of carbonyl (C=O) groups is 1. The van der Waals surface area contributed by atoms with Crippen molar-refractivity contribution in [1.82, 2.24) is 9.80 Å². The second kappa shape index (κ2) is 6.16. The van der Waals surface area contributed by atoms with Crippen LogP contribution < -0.4 is 0 Å². The standard InChI is InChI=1S/C15H28N2O/c1-16-9-5-14(6-10-16)11-17(2)12-15(13-18)7-3-4-8-15/h13-14H,3-12H2,1-2H3. The molecule has 0 aromatic heterocycles. The lowest BCUT2D eigenvalue weighted by atomic mass is 9.87. The average molecular weight is 252 g/mol. The highest BCUT2D eigenvalue weighted by atomic mass is 16.1. The van der Waals surface area contributed by atoms with Gasteiger partial charge in [-0.1, -0.05) is 12.8 Å². The van der Waals surface area contributed by atoms with E-state index in [0.29, 0.717) is 0 Å². The molecule has 1 aliphatic carbocycles. The smallest absolute Gasteiger partial charge is 0.127 e. The van der Waals surface area contributed by atoms with Crippen molar-refractivity contribution in [1.29, 1.82) is 0 Å². The highest BCUT2D eigenvalue weighted by Gasteiger charge is 2.35. The maximum absolute atomic E-state index is 11.4. The van der Waals surface area contributed by atoms with Gasteiger partial charge >= 0.3 is 0 Å².